The van der Waals surface area contributed by atoms with E-state index in [2.05, 4.69) is 11.4 Å². The summed E-state index contributed by atoms with van der Waals surface area (Å²) in [5.74, 6) is -0.0830. The fraction of sp³-hybridized carbons (Fsp3) is 0.529. The van der Waals surface area contributed by atoms with Crippen molar-refractivity contribution in [3.05, 3.63) is 35.4 Å². The summed E-state index contributed by atoms with van der Waals surface area (Å²) in [4.78, 5) is 26.0. The van der Waals surface area contributed by atoms with E-state index in [9.17, 15) is 9.59 Å². The molecule has 0 fully saturated rings. The maximum absolute atomic E-state index is 12.5. The number of fused-ring (bicyclic) bond motifs is 1. The molecule has 0 saturated heterocycles. The van der Waals surface area contributed by atoms with Crippen LogP contribution in [-0.4, -0.2) is 35.1 Å². The third kappa shape index (κ3) is 4.23. The lowest BCUT2D eigenvalue weighted by atomic mass is 9.99. The molecule has 0 radical (unpaired) electrons. The van der Waals surface area contributed by atoms with E-state index in [1.807, 2.05) is 18.2 Å². The molecule has 1 N–H and O–H groups in total. The van der Waals surface area contributed by atoms with Crippen LogP contribution >= 0.6 is 0 Å². The van der Waals surface area contributed by atoms with Crippen LogP contribution < -0.4 is 5.32 Å². The Labute approximate surface area is 131 Å². The first-order valence-electron chi connectivity index (χ1n) is 7.61. The Kier molecular flexibility index (Phi) is 4.74. The van der Waals surface area contributed by atoms with Gasteiger partial charge >= 0.3 is 6.09 Å². The lowest BCUT2D eigenvalue weighted by Crippen LogP contribution is -2.49. The molecule has 0 aromatic heterocycles. The van der Waals surface area contributed by atoms with E-state index in [-0.39, 0.29) is 5.91 Å². The van der Waals surface area contributed by atoms with Gasteiger partial charge in [-0.15, -0.1) is 0 Å². The second kappa shape index (κ2) is 6.38. The Morgan fingerprint density at radius 3 is 2.50 bits per heavy atom. The largest absolute Gasteiger partial charge is 0.444 e. The van der Waals surface area contributed by atoms with Crippen molar-refractivity contribution >= 4 is 12.0 Å². The molecule has 2 rings (SSSR count). The van der Waals surface area contributed by atoms with Gasteiger partial charge in [-0.2, -0.15) is 0 Å². The Bertz CT molecular complexity index is 563. The van der Waals surface area contributed by atoms with Gasteiger partial charge in [-0.3, -0.25) is 4.79 Å². The molecule has 0 saturated carbocycles. The molecule has 1 aliphatic heterocycles. The van der Waals surface area contributed by atoms with Crippen LogP contribution in [-0.2, 0) is 22.5 Å². The summed E-state index contributed by atoms with van der Waals surface area (Å²) >= 11 is 0. The van der Waals surface area contributed by atoms with Gasteiger partial charge in [0.2, 0.25) is 5.91 Å². The number of amides is 2. The van der Waals surface area contributed by atoms with Crippen LogP contribution in [0.2, 0.25) is 0 Å². The van der Waals surface area contributed by atoms with E-state index in [1.54, 1.807) is 32.6 Å². The molecule has 0 unspecified atom stereocenters. The molecule has 22 heavy (non-hydrogen) atoms. The van der Waals surface area contributed by atoms with Crippen molar-refractivity contribution in [2.24, 2.45) is 0 Å². The molecule has 5 nitrogen and oxygen atoms in total. The normalized spacial score (nSPS) is 15.7. The molecule has 120 valence electrons. The average Bonchev–Trinajstić information content (AvgIpc) is 2.43. The van der Waals surface area contributed by atoms with Crippen molar-refractivity contribution < 1.29 is 14.3 Å². The van der Waals surface area contributed by atoms with Gasteiger partial charge in [-0.25, -0.2) is 4.79 Å². The number of carbonyl (C=O) groups excluding carboxylic acids is 2. The van der Waals surface area contributed by atoms with Gasteiger partial charge in [0.1, 0.15) is 11.6 Å². The van der Waals surface area contributed by atoms with Crippen molar-refractivity contribution in [3.8, 4) is 0 Å². The number of hydrogen-bond donors (Lipinski definition) is 1. The third-order valence-electron chi connectivity index (χ3n) is 3.55. The summed E-state index contributed by atoms with van der Waals surface area (Å²) in [6.45, 7) is 8.33. The minimum atomic E-state index is -0.597. The maximum Gasteiger partial charge on any atom is 0.408 e. The quantitative estimate of drug-likeness (QED) is 0.913. The highest BCUT2D eigenvalue weighted by Gasteiger charge is 2.27. The molecule has 1 atom stereocenters. The predicted octanol–water partition coefficient (Wildman–Crippen LogP) is 2.48. The lowest BCUT2D eigenvalue weighted by molar-refractivity contribution is -0.134. The van der Waals surface area contributed by atoms with Crippen LogP contribution in [0, 0.1) is 0 Å². The van der Waals surface area contributed by atoms with Gasteiger partial charge in [0.05, 0.1) is 0 Å². The van der Waals surface area contributed by atoms with Crippen LogP contribution in [0.15, 0.2) is 24.3 Å². The zero-order valence-electron chi connectivity index (χ0n) is 13.7. The van der Waals surface area contributed by atoms with Gasteiger partial charge < -0.3 is 15.0 Å². The summed E-state index contributed by atoms with van der Waals surface area (Å²) in [5.41, 5.74) is 1.89. The smallest absolute Gasteiger partial charge is 0.408 e. The number of ether oxygens (including phenoxy) is 1. The molecule has 1 aliphatic rings. The van der Waals surface area contributed by atoms with E-state index >= 15 is 0 Å². The van der Waals surface area contributed by atoms with E-state index < -0.39 is 17.7 Å². The molecule has 0 bridgehead atoms. The molecule has 0 aliphatic carbocycles. The van der Waals surface area contributed by atoms with Gasteiger partial charge in [-0.05, 0) is 45.2 Å². The number of benzene rings is 1. The SMILES string of the molecule is C[C@@H](NC(=O)OC(C)(C)C)C(=O)N1CCc2ccccc2C1. The van der Waals surface area contributed by atoms with Crippen molar-refractivity contribution in [1.29, 1.82) is 0 Å². The first-order valence-corrected chi connectivity index (χ1v) is 7.61. The van der Waals surface area contributed by atoms with Crippen molar-refractivity contribution in [3.63, 3.8) is 0 Å². The fourth-order valence-electron chi connectivity index (χ4n) is 2.50. The lowest BCUT2D eigenvalue weighted by Gasteiger charge is -2.31. The summed E-state index contributed by atoms with van der Waals surface area (Å²) in [6.07, 6.45) is 0.284. The predicted molar refractivity (Wildman–Crippen MR) is 84.4 cm³/mol. The summed E-state index contributed by atoms with van der Waals surface area (Å²) in [6, 6.07) is 7.54. The van der Waals surface area contributed by atoms with Gasteiger partial charge in [0.25, 0.3) is 0 Å². The minimum Gasteiger partial charge on any atom is -0.444 e. The molecule has 5 heteroatoms. The molecular weight excluding hydrogens is 280 g/mol. The van der Waals surface area contributed by atoms with Crippen LogP contribution in [0.25, 0.3) is 0 Å². The van der Waals surface area contributed by atoms with E-state index in [4.69, 9.17) is 4.74 Å². The zero-order chi connectivity index (χ0) is 16.3. The van der Waals surface area contributed by atoms with Crippen molar-refractivity contribution in [2.75, 3.05) is 6.54 Å². The first kappa shape index (κ1) is 16.3. The Balaban J connectivity index is 1.93. The highest BCUT2D eigenvalue weighted by Crippen LogP contribution is 2.19. The van der Waals surface area contributed by atoms with Crippen LogP contribution in [0.5, 0.6) is 0 Å². The summed E-state index contributed by atoms with van der Waals surface area (Å²) in [5, 5.41) is 2.61. The van der Waals surface area contributed by atoms with Gasteiger partial charge in [-0.1, -0.05) is 24.3 Å². The van der Waals surface area contributed by atoms with E-state index in [0.29, 0.717) is 13.1 Å². The van der Waals surface area contributed by atoms with Crippen molar-refractivity contribution in [2.45, 2.75) is 52.3 Å². The number of hydrogen-bond acceptors (Lipinski definition) is 3. The molecule has 0 spiro atoms. The second-order valence-electron chi connectivity index (χ2n) is 6.65. The summed E-state index contributed by atoms with van der Waals surface area (Å²) < 4.78 is 5.18. The number of nitrogens with one attached hydrogen (secondary N) is 1. The number of nitrogens with zero attached hydrogens (tertiary/aromatic N) is 1. The Morgan fingerprint density at radius 1 is 1.23 bits per heavy atom. The highest BCUT2D eigenvalue weighted by molar-refractivity contribution is 5.85. The van der Waals surface area contributed by atoms with Gasteiger partial charge in [0.15, 0.2) is 0 Å². The van der Waals surface area contributed by atoms with Crippen molar-refractivity contribution in [1.82, 2.24) is 10.2 Å². The maximum atomic E-state index is 12.5. The number of carbonyl (C=O) groups is 2. The zero-order valence-corrected chi connectivity index (χ0v) is 13.7. The van der Waals surface area contributed by atoms with Crippen LogP contribution in [0.4, 0.5) is 4.79 Å². The summed E-state index contributed by atoms with van der Waals surface area (Å²) in [7, 11) is 0. The second-order valence-corrected chi connectivity index (χ2v) is 6.65. The van der Waals surface area contributed by atoms with E-state index in [1.165, 1.54) is 11.1 Å². The first-order chi connectivity index (χ1) is 10.3. The molecule has 1 heterocycles. The monoisotopic (exact) mass is 304 g/mol. The molecule has 2 amide bonds. The van der Waals surface area contributed by atoms with Crippen LogP contribution in [0.3, 0.4) is 0 Å². The topological polar surface area (TPSA) is 58.6 Å². The standard InChI is InChI=1S/C17H24N2O3/c1-12(18-16(21)22-17(2,3)4)15(20)19-10-9-13-7-5-6-8-14(13)11-19/h5-8,12H,9-11H2,1-4H3,(H,18,21)/t12-/m1/s1. The minimum absolute atomic E-state index is 0.0830. The molecule has 1 aromatic rings. The van der Waals surface area contributed by atoms with Crippen LogP contribution in [0.1, 0.15) is 38.8 Å². The highest BCUT2D eigenvalue weighted by atomic mass is 16.6. The Hall–Kier alpha value is -2.04. The third-order valence-corrected chi connectivity index (χ3v) is 3.55. The number of rotatable bonds is 2. The molecular formula is C17H24N2O3. The fourth-order valence-corrected chi connectivity index (χ4v) is 2.50. The average molecular weight is 304 g/mol. The molecule has 1 aromatic carbocycles. The Morgan fingerprint density at radius 2 is 1.86 bits per heavy atom. The number of alkyl carbamates (subject to hydrolysis) is 1. The van der Waals surface area contributed by atoms with Gasteiger partial charge in [0, 0.05) is 13.1 Å². The van der Waals surface area contributed by atoms with E-state index in [0.717, 1.165) is 6.42 Å².